The van der Waals surface area contributed by atoms with Gasteiger partial charge in [-0.3, -0.25) is 29.4 Å². The summed E-state index contributed by atoms with van der Waals surface area (Å²) >= 11 is 0. The van der Waals surface area contributed by atoms with E-state index in [9.17, 15) is 19.2 Å². The number of amides is 4. The average molecular weight is 439 g/mol. The van der Waals surface area contributed by atoms with Crippen LogP contribution in [0.5, 0.6) is 0 Å². The summed E-state index contributed by atoms with van der Waals surface area (Å²) in [4.78, 5) is 53.5. The third kappa shape index (κ3) is 3.23. The van der Waals surface area contributed by atoms with Crippen molar-refractivity contribution in [2.24, 2.45) is 5.41 Å². The van der Waals surface area contributed by atoms with E-state index in [1.54, 1.807) is 12.1 Å². The van der Waals surface area contributed by atoms with Crippen molar-refractivity contribution in [3.63, 3.8) is 0 Å². The van der Waals surface area contributed by atoms with Crippen LogP contribution in [0.3, 0.4) is 0 Å². The van der Waals surface area contributed by atoms with Gasteiger partial charge in [0.25, 0.3) is 11.8 Å². The lowest BCUT2D eigenvalue weighted by molar-refractivity contribution is -0.136. The van der Waals surface area contributed by atoms with Gasteiger partial charge in [-0.1, -0.05) is 6.07 Å². The summed E-state index contributed by atoms with van der Waals surface area (Å²) in [7, 11) is 4.03. The van der Waals surface area contributed by atoms with Crippen molar-refractivity contribution in [3.05, 3.63) is 29.3 Å². The summed E-state index contributed by atoms with van der Waals surface area (Å²) < 4.78 is 0. The molecule has 1 aromatic carbocycles. The Morgan fingerprint density at radius 1 is 1.06 bits per heavy atom. The lowest BCUT2D eigenvalue weighted by Gasteiger charge is -2.54. The van der Waals surface area contributed by atoms with Gasteiger partial charge >= 0.3 is 0 Å². The highest BCUT2D eigenvalue weighted by Gasteiger charge is 2.49. The molecule has 0 bridgehead atoms. The molecule has 4 aliphatic rings. The Kier molecular flexibility index (Phi) is 5.08. The van der Waals surface area contributed by atoms with Crippen molar-refractivity contribution < 1.29 is 19.2 Å². The molecule has 8 heteroatoms. The Balaban J connectivity index is 1.35. The number of benzene rings is 1. The van der Waals surface area contributed by atoms with Crippen molar-refractivity contribution in [1.82, 2.24) is 15.5 Å². The van der Waals surface area contributed by atoms with Crippen molar-refractivity contribution in [1.29, 1.82) is 0 Å². The molecule has 2 N–H and O–H groups in total. The molecule has 32 heavy (non-hydrogen) atoms. The molecule has 0 radical (unpaired) electrons. The normalized spacial score (nSPS) is 32.1. The number of carbonyl (C=O) groups is 4. The van der Waals surface area contributed by atoms with E-state index >= 15 is 0 Å². The van der Waals surface area contributed by atoms with Crippen LogP contribution < -0.4 is 15.5 Å². The molecular weight excluding hydrogens is 408 g/mol. The second kappa shape index (κ2) is 7.69. The Morgan fingerprint density at radius 2 is 1.78 bits per heavy atom. The van der Waals surface area contributed by atoms with Crippen LogP contribution in [-0.4, -0.2) is 60.7 Å². The van der Waals surface area contributed by atoms with E-state index in [4.69, 9.17) is 0 Å². The highest BCUT2D eigenvalue weighted by Crippen LogP contribution is 2.54. The fraction of sp³-hybridized carbons (Fsp3) is 0.583. The number of hydrogen-bond acceptors (Lipinski definition) is 6. The molecule has 3 fully saturated rings. The second-order valence-corrected chi connectivity index (χ2v) is 9.88. The lowest BCUT2D eigenvalue weighted by Crippen LogP contribution is -2.54. The number of nitrogens with zero attached hydrogens (tertiary/aromatic N) is 2. The quantitative estimate of drug-likeness (QED) is 0.696. The van der Waals surface area contributed by atoms with Crippen LogP contribution in [0.4, 0.5) is 5.69 Å². The highest BCUT2D eigenvalue weighted by molar-refractivity contribution is 6.25. The van der Waals surface area contributed by atoms with E-state index in [-0.39, 0.29) is 18.7 Å². The molecule has 2 saturated carbocycles. The molecule has 1 unspecified atom stereocenters. The minimum absolute atomic E-state index is 0.120. The molecule has 8 nitrogen and oxygen atoms in total. The van der Waals surface area contributed by atoms with Crippen LogP contribution in [0.25, 0.3) is 0 Å². The second-order valence-electron chi connectivity index (χ2n) is 9.88. The molecule has 170 valence electrons. The Bertz CT molecular complexity index is 990. The molecular formula is C24H30N4O4. The van der Waals surface area contributed by atoms with Gasteiger partial charge in [-0.15, -0.1) is 0 Å². The van der Waals surface area contributed by atoms with Crippen molar-refractivity contribution in [2.45, 2.75) is 69.5 Å². The molecule has 1 atom stereocenters. The van der Waals surface area contributed by atoms with E-state index in [2.05, 4.69) is 15.5 Å². The Labute approximate surface area is 187 Å². The van der Waals surface area contributed by atoms with Crippen LogP contribution in [0.2, 0.25) is 0 Å². The van der Waals surface area contributed by atoms with Gasteiger partial charge in [-0.05, 0) is 69.5 Å². The minimum atomic E-state index is -0.937. The number of hydrogen-bond donors (Lipinski definition) is 2. The summed E-state index contributed by atoms with van der Waals surface area (Å²) in [5, 5.41) is 5.64. The summed E-state index contributed by atoms with van der Waals surface area (Å²) in [5.41, 5.74) is 1.87. The number of rotatable bonds is 4. The van der Waals surface area contributed by atoms with Crippen molar-refractivity contribution in [2.75, 3.05) is 19.0 Å². The molecule has 1 aromatic rings. The minimum Gasteiger partial charge on any atom is -0.371 e. The first-order valence-corrected chi connectivity index (χ1v) is 11.6. The van der Waals surface area contributed by atoms with E-state index in [0.29, 0.717) is 28.6 Å². The van der Waals surface area contributed by atoms with Gasteiger partial charge in [-0.25, -0.2) is 0 Å². The van der Waals surface area contributed by atoms with Crippen LogP contribution in [0, 0.1) is 5.41 Å². The zero-order valence-corrected chi connectivity index (χ0v) is 18.6. The number of imide groups is 2. The zero-order chi connectivity index (χ0) is 22.6. The Morgan fingerprint density at radius 3 is 2.44 bits per heavy atom. The van der Waals surface area contributed by atoms with Gasteiger partial charge in [0, 0.05) is 25.6 Å². The van der Waals surface area contributed by atoms with Crippen LogP contribution >= 0.6 is 0 Å². The predicted molar refractivity (Wildman–Crippen MR) is 118 cm³/mol. The van der Waals surface area contributed by atoms with Gasteiger partial charge in [0.2, 0.25) is 11.8 Å². The summed E-state index contributed by atoms with van der Waals surface area (Å²) in [5.74, 6) is -1.84. The van der Waals surface area contributed by atoms with Crippen molar-refractivity contribution in [3.8, 4) is 0 Å². The number of nitrogens with one attached hydrogen (secondary N) is 2. The molecule has 2 aliphatic carbocycles. The predicted octanol–water partition coefficient (Wildman–Crippen LogP) is 1.83. The maximum absolute atomic E-state index is 13.4. The average Bonchev–Trinajstić information content (AvgIpc) is 3.02. The summed E-state index contributed by atoms with van der Waals surface area (Å²) in [6.45, 7) is 0. The van der Waals surface area contributed by atoms with Crippen LogP contribution in [0.1, 0.15) is 72.1 Å². The van der Waals surface area contributed by atoms with Gasteiger partial charge in [0.1, 0.15) is 6.04 Å². The third-order valence-corrected chi connectivity index (χ3v) is 8.17. The van der Waals surface area contributed by atoms with Crippen LogP contribution in [-0.2, 0) is 9.59 Å². The largest absolute Gasteiger partial charge is 0.371 e. The molecule has 0 aromatic heterocycles. The summed E-state index contributed by atoms with van der Waals surface area (Å²) in [6.07, 6.45) is 7.37. The van der Waals surface area contributed by atoms with E-state index in [1.165, 1.54) is 25.7 Å². The first-order chi connectivity index (χ1) is 15.3. The molecule has 4 amide bonds. The van der Waals surface area contributed by atoms with E-state index in [0.717, 1.165) is 23.4 Å². The maximum atomic E-state index is 13.4. The number of carbonyl (C=O) groups excluding carboxylic acids is 4. The lowest BCUT2D eigenvalue weighted by atomic mass is 9.57. The van der Waals surface area contributed by atoms with Gasteiger partial charge in [-0.2, -0.15) is 0 Å². The molecule has 1 saturated heterocycles. The van der Waals surface area contributed by atoms with Crippen molar-refractivity contribution >= 4 is 29.3 Å². The Hall–Kier alpha value is -2.74. The smallest absolute Gasteiger partial charge is 0.264 e. The SMILES string of the molecule is CNC1CCC2(CC1)CC(N(C)c1cccc3c1C(=O)N(C1CCC(=O)NC1=O)C3=O)C2. The molecule has 2 aliphatic heterocycles. The van der Waals surface area contributed by atoms with Gasteiger partial charge < -0.3 is 10.2 Å². The summed E-state index contributed by atoms with van der Waals surface area (Å²) in [6, 6.07) is 5.36. The van der Waals surface area contributed by atoms with E-state index < -0.39 is 23.8 Å². The highest BCUT2D eigenvalue weighted by atomic mass is 16.2. The maximum Gasteiger partial charge on any atom is 0.264 e. The molecule has 2 heterocycles. The molecule has 5 rings (SSSR count). The standard InChI is InChI=1S/C24H30N4O4/c1-25-14-8-10-24(11-9-14)12-15(13-24)27(2)17-5-3-4-16-20(17)23(32)28(22(16)31)18-6-7-19(29)26-21(18)30/h3-5,14-15,18,25H,6-13H2,1-2H3,(H,26,29,30). The third-order valence-electron chi connectivity index (χ3n) is 8.17. The first-order valence-electron chi connectivity index (χ1n) is 11.6. The van der Waals surface area contributed by atoms with E-state index in [1.807, 2.05) is 20.2 Å². The van der Waals surface area contributed by atoms with Gasteiger partial charge in [0.05, 0.1) is 16.8 Å². The molecule has 1 spiro atoms. The number of anilines is 1. The number of piperidine rings is 1. The zero-order valence-electron chi connectivity index (χ0n) is 18.6. The first kappa shape index (κ1) is 21.1. The topological polar surface area (TPSA) is 98.8 Å². The van der Waals surface area contributed by atoms with Crippen LogP contribution in [0.15, 0.2) is 18.2 Å². The fourth-order valence-corrected chi connectivity index (χ4v) is 6.13. The fourth-order valence-electron chi connectivity index (χ4n) is 6.13. The number of fused-ring (bicyclic) bond motifs is 1. The monoisotopic (exact) mass is 438 g/mol. The van der Waals surface area contributed by atoms with Gasteiger partial charge in [0.15, 0.2) is 0 Å².